The molecule has 1 aromatic heterocycles. The maximum atomic E-state index is 11.2. The maximum absolute atomic E-state index is 11.2. The lowest BCUT2D eigenvalue weighted by atomic mass is 9.86. The van der Waals surface area contributed by atoms with Crippen LogP contribution in [-0.4, -0.2) is 22.2 Å². The minimum absolute atomic E-state index is 0.358. The van der Waals surface area contributed by atoms with Crippen molar-refractivity contribution < 1.29 is 14.6 Å². The number of carbonyl (C=O) groups is 1. The topological polar surface area (TPSA) is 51.5 Å². The summed E-state index contributed by atoms with van der Waals surface area (Å²) in [6, 6.07) is 3.93. The first kappa shape index (κ1) is 10.2. The van der Waals surface area contributed by atoms with Crippen LogP contribution in [0.1, 0.15) is 12.1 Å². The quantitative estimate of drug-likeness (QED) is 0.800. The third-order valence-electron chi connectivity index (χ3n) is 3.43. The molecule has 1 aromatic rings. The Bertz CT molecular complexity index is 527. The Hall–Kier alpha value is -1.97. The van der Waals surface area contributed by atoms with Gasteiger partial charge in [0.05, 0.1) is 18.4 Å². The van der Waals surface area contributed by atoms with Crippen LogP contribution >= 0.6 is 0 Å². The molecule has 1 unspecified atom stereocenters. The summed E-state index contributed by atoms with van der Waals surface area (Å²) >= 11 is 0. The van der Waals surface area contributed by atoms with Crippen LogP contribution in [0.2, 0.25) is 0 Å². The van der Waals surface area contributed by atoms with Crippen molar-refractivity contribution in [3.63, 3.8) is 0 Å². The predicted molar refractivity (Wildman–Crippen MR) is 61.5 cm³/mol. The molecule has 4 nitrogen and oxygen atoms in total. The number of hydrogen-bond acceptors (Lipinski definition) is 2. The number of aliphatic carboxylic acids is 1. The van der Waals surface area contributed by atoms with Gasteiger partial charge in [0.25, 0.3) is 0 Å². The number of allylic oxidation sites excluding steroid dienone is 2. The van der Waals surface area contributed by atoms with Gasteiger partial charge in [0.1, 0.15) is 0 Å². The van der Waals surface area contributed by atoms with Gasteiger partial charge in [0.15, 0.2) is 0 Å². The minimum Gasteiger partial charge on any atom is -0.501 e. The van der Waals surface area contributed by atoms with E-state index in [1.165, 1.54) is 0 Å². The molecular formula is C13H13NO3. The van der Waals surface area contributed by atoms with Gasteiger partial charge in [0, 0.05) is 30.3 Å². The van der Waals surface area contributed by atoms with Crippen LogP contribution in [0.15, 0.2) is 42.3 Å². The summed E-state index contributed by atoms with van der Waals surface area (Å²) < 4.78 is 7.35. The summed E-state index contributed by atoms with van der Waals surface area (Å²) in [4.78, 5) is 11.2. The fourth-order valence-corrected chi connectivity index (χ4v) is 2.58. The molecule has 0 radical (unpaired) electrons. The van der Waals surface area contributed by atoms with Crippen LogP contribution in [0.4, 0.5) is 0 Å². The highest BCUT2D eigenvalue weighted by atomic mass is 16.5. The largest absolute Gasteiger partial charge is 0.501 e. The van der Waals surface area contributed by atoms with Crippen LogP contribution in [0.5, 0.6) is 0 Å². The first-order valence-corrected chi connectivity index (χ1v) is 5.62. The second-order valence-electron chi connectivity index (χ2n) is 4.44. The molecule has 0 fully saturated rings. The molecule has 3 rings (SSSR count). The van der Waals surface area contributed by atoms with Gasteiger partial charge >= 0.3 is 5.97 Å². The standard InChI is InChI=1S/C13H13NO3/c15-12(16)10-8-11-2-1-5-14(11)13(9-10)3-6-17-7-4-13/h1-3,5-6,9H,4,7-8H2,(H,15,16). The van der Waals surface area contributed by atoms with E-state index in [1.807, 2.05) is 30.5 Å². The van der Waals surface area contributed by atoms with Crippen molar-refractivity contribution in [2.45, 2.75) is 18.4 Å². The van der Waals surface area contributed by atoms with Gasteiger partial charge in [-0.05, 0) is 24.3 Å². The summed E-state index contributed by atoms with van der Waals surface area (Å²) in [5, 5.41) is 9.18. The molecule has 3 heterocycles. The Balaban J connectivity index is 2.16. The van der Waals surface area contributed by atoms with Crippen LogP contribution in [0, 0.1) is 0 Å². The highest BCUT2D eigenvalue weighted by molar-refractivity contribution is 5.87. The van der Waals surface area contributed by atoms with Crippen LogP contribution in [0.25, 0.3) is 0 Å². The molecular weight excluding hydrogens is 218 g/mol. The Morgan fingerprint density at radius 1 is 1.53 bits per heavy atom. The van der Waals surface area contributed by atoms with E-state index >= 15 is 0 Å². The lowest BCUT2D eigenvalue weighted by Crippen LogP contribution is -2.37. The third-order valence-corrected chi connectivity index (χ3v) is 3.43. The van der Waals surface area contributed by atoms with Gasteiger partial charge < -0.3 is 14.4 Å². The first-order valence-electron chi connectivity index (χ1n) is 5.62. The van der Waals surface area contributed by atoms with E-state index in [-0.39, 0.29) is 5.54 Å². The van der Waals surface area contributed by atoms with Crippen molar-refractivity contribution in [2.24, 2.45) is 0 Å². The Morgan fingerprint density at radius 2 is 2.41 bits per heavy atom. The average molecular weight is 231 g/mol. The smallest absolute Gasteiger partial charge is 0.331 e. The van der Waals surface area contributed by atoms with Crippen LogP contribution in [-0.2, 0) is 21.5 Å². The first-order chi connectivity index (χ1) is 8.21. The number of nitrogens with zero attached hydrogens (tertiary/aromatic N) is 1. The van der Waals surface area contributed by atoms with Crippen molar-refractivity contribution >= 4 is 5.97 Å². The Labute approximate surface area is 98.8 Å². The van der Waals surface area contributed by atoms with Gasteiger partial charge in [-0.1, -0.05) is 0 Å². The fourth-order valence-electron chi connectivity index (χ4n) is 2.58. The molecule has 1 N–H and O–H groups in total. The Morgan fingerprint density at radius 3 is 3.12 bits per heavy atom. The highest BCUT2D eigenvalue weighted by Crippen LogP contribution is 2.35. The minimum atomic E-state index is -0.836. The van der Waals surface area contributed by atoms with E-state index in [2.05, 4.69) is 4.57 Å². The molecule has 0 aromatic carbocycles. The van der Waals surface area contributed by atoms with Gasteiger partial charge in [-0.3, -0.25) is 0 Å². The van der Waals surface area contributed by atoms with Gasteiger partial charge in [-0.2, -0.15) is 0 Å². The molecule has 1 spiro atoms. The zero-order valence-corrected chi connectivity index (χ0v) is 9.30. The normalized spacial score (nSPS) is 26.2. The molecule has 2 aliphatic rings. The van der Waals surface area contributed by atoms with Crippen molar-refractivity contribution in [1.82, 2.24) is 4.57 Å². The number of fused-ring (bicyclic) bond motifs is 2. The molecule has 0 saturated heterocycles. The summed E-state index contributed by atoms with van der Waals surface area (Å²) in [6.45, 7) is 0.609. The molecule has 0 bridgehead atoms. The lowest BCUT2D eigenvalue weighted by Gasteiger charge is -2.37. The molecule has 0 amide bonds. The van der Waals surface area contributed by atoms with Crippen molar-refractivity contribution in [1.29, 1.82) is 0 Å². The molecule has 1 atom stereocenters. The van der Waals surface area contributed by atoms with Crippen molar-refractivity contribution in [3.05, 3.63) is 48.0 Å². The second kappa shape index (κ2) is 3.52. The molecule has 88 valence electrons. The lowest BCUT2D eigenvalue weighted by molar-refractivity contribution is -0.132. The predicted octanol–water partition coefficient (Wildman–Crippen LogP) is 1.68. The fraction of sp³-hybridized carbons (Fsp3) is 0.308. The number of rotatable bonds is 1. The maximum Gasteiger partial charge on any atom is 0.331 e. The van der Waals surface area contributed by atoms with Gasteiger partial charge in [0.2, 0.25) is 0 Å². The third kappa shape index (κ3) is 1.48. The summed E-state index contributed by atoms with van der Waals surface area (Å²) in [7, 11) is 0. The van der Waals surface area contributed by atoms with Crippen LogP contribution < -0.4 is 0 Å². The van der Waals surface area contributed by atoms with E-state index < -0.39 is 5.97 Å². The molecule has 4 heteroatoms. The highest BCUT2D eigenvalue weighted by Gasteiger charge is 2.35. The summed E-state index contributed by atoms with van der Waals surface area (Å²) in [5.74, 6) is -0.836. The molecule has 17 heavy (non-hydrogen) atoms. The number of carboxylic acid groups (broad SMARTS) is 1. The molecule has 2 aliphatic heterocycles. The summed E-state index contributed by atoms with van der Waals surface area (Å²) in [6.07, 6.45) is 8.69. The number of ether oxygens (including phenoxy) is 1. The van der Waals surface area contributed by atoms with Gasteiger partial charge in [-0.15, -0.1) is 0 Å². The number of carboxylic acids is 1. The van der Waals surface area contributed by atoms with Crippen molar-refractivity contribution in [3.8, 4) is 0 Å². The average Bonchev–Trinajstić information content (AvgIpc) is 2.79. The Kier molecular flexibility index (Phi) is 2.11. The van der Waals surface area contributed by atoms with Gasteiger partial charge in [-0.25, -0.2) is 4.79 Å². The van der Waals surface area contributed by atoms with E-state index in [1.54, 1.807) is 6.26 Å². The monoisotopic (exact) mass is 231 g/mol. The van der Waals surface area contributed by atoms with E-state index in [0.717, 1.165) is 12.1 Å². The second-order valence-corrected chi connectivity index (χ2v) is 4.44. The van der Waals surface area contributed by atoms with Crippen LogP contribution in [0.3, 0.4) is 0 Å². The molecule has 0 aliphatic carbocycles. The molecule has 0 saturated carbocycles. The van der Waals surface area contributed by atoms with E-state index in [9.17, 15) is 9.90 Å². The van der Waals surface area contributed by atoms with Crippen molar-refractivity contribution in [2.75, 3.05) is 6.61 Å². The zero-order valence-electron chi connectivity index (χ0n) is 9.30. The number of aromatic nitrogens is 1. The van der Waals surface area contributed by atoms with E-state index in [4.69, 9.17) is 4.74 Å². The summed E-state index contributed by atoms with van der Waals surface area (Å²) in [5.41, 5.74) is 1.14. The number of hydrogen-bond donors (Lipinski definition) is 1. The van der Waals surface area contributed by atoms with E-state index in [0.29, 0.717) is 18.6 Å². The zero-order chi connectivity index (χ0) is 11.9. The SMILES string of the molecule is O=C(O)C1=CC2(C=COCC2)n2cccc2C1.